The maximum Gasteiger partial charge on any atom is 0.274 e. The van der Waals surface area contributed by atoms with Crippen molar-refractivity contribution in [3.8, 4) is 0 Å². The first kappa shape index (κ1) is 22.6. The number of carbonyl (C=O) groups excluding carboxylic acids is 2. The number of fused-ring (bicyclic) bond motifs is 1. The second-order valence-electron chi connectivity index (χ2n) is 8.96. The van der Waals surface area contributed by atoms with E-state index in [9.17, 15) is 14.0 Å². The Morgan fingerprint density at radius 1 is 1.09 bits per heavy atom. The van der Waals surface area contributed by atoms with Crippen LogP contribution in [0.5, 0.6) is 0 Å². The van der Waals surface area contributed by atoms with Crippen LogP contribution >= 0.6 is 11.3 Å². The summed E-state index contributed by atoms with van der Waals surface area (Å²) in [6, 6.07) is 13.6. The summed E-state index contributed by atoms with van der Waals surface area (Å²) in [6.07, 6.45) is 0.384. The van der Waals surface area contributed by atoms with Gasteiger partial charge in [-0.15, -0.1) is 10.2 Å². The summed E-state index contributed by atoms with van der Waals surface area (Å²) in [5.41, 5.74) is 3.58. The number of rotatable bonds is 6. The summed E-state index contributed by atoms with van der Waals surface area (Å²) in [6.45, 7) is 6.18. The quantitative estimate of drug-likeness (QED) is 0.404. The molecule has 9 heteroatoms. The Bertz CT molecular complexity index is 1310. The molecule has 2 N–H and O–H groups in total. The van der Waals surface area contributed by atoms with Crippen LogP contribution in [-0.2, 0) is 11.3 Å². The number of nitrogens with one attached hydrogen (secondary N) is 2. The second kappa shape index (κ2) is 9.11. The molecule has 0 saturated heterocycles. The van der Waals surface area contributed by atoms with Gasteiger partial charge >= 0.3 is 0 Å². The van der Waals surface area contributed by atoms with Gasteiger partial charge in [0.25, 0.3) is 5.91 Å². The number of hydrogen-bond acceptors (Lipinski definition) is 5. The van der Waals surface area contributed by atoms with Gasteiger partial charge < -0.3 is 9.88 Å². The standard InChI is InChI=1S/C24H24FN5O2S/c1-24(2,3)12-21(31)27-17-8-9-19-16(10-17)11-20(22(32)28-23-29-26-14-33-23)30(19)13-15-6-4-5-7-18(15)25/h4-11,14H,12-13H2,1-3H3,(H,27,31)(H,28,29,32). The Hall–Kier alpha value is -3.59. The normalized spacial score (nSPS) is 11.5. The minimum absolute atomic E-state index is 0.0816. The molecule has 0 saturated carbocycles. The van der Waals surface area contributed by atoms with Gasteiger partial charge in [0.1, 0.15) is 17.0 Å². The maximum absolute atomic E-state index is 14.4. The first-order chi connectivity index (χ1) is 15.7. The third-order valence-corrected chi connectivity index (χ3v) is 5.58. The summed E-state index contributed by atoms with van der Waals surface area (Å²) in [4.78, 5) is 25.4. The van der Waals surface area contributed by atoms with Crippen LogP contribution in [0.3, 0.4) is 0 Å². The minimum Gasteiger partial charge on any atom is -0.332 e. The fourth-order valence-corrected chi connectivity index (χ4v) is 4.02. The number of anilines is 2. The summed E-state index contributed by atoms with van der Waals surface area (Å²) < 4.78 is 16.1. The van der Waals surface area contributed by atoms with Gasteiger partial charge in [-0.25, -0.2) is 4.39 Å². The van der Waals surface area contributed by atoms with E-state index in [1.807, 2.05) is 32.9 Å². The van der Waals surface area contributed by atoms with Crippen molar-refractivity contribution in [2.45, 2.75) is 33.7 Å². The monoisotopic (exact) mass is 465 g/mol. The molecule has 0 unspecified atom stereocenters. The molecule has 2 aromatic heterocycles. The maximum atomic E-state index is 14.4. The van der Waals surface area contributed by atoms with E-state index in [1.54, 1.807) is 34.9 Å². The molecule has 0 fully saturated rings. The first-order valence-corrected chi connectivity index (χ1v) is 11.3. The van der Waals surface area contributed by atoms with Crippen LogP contribution < -0.4 is 10.6 Å². The molecule has 0 aliphatic carbocycles. The second-order valence-corrected chi connectivity index (χ2v) is 9.80. The third kappa shape index (κ3) is 5.43. The summed E-state index contributed by atoms with van der Waals surface area (Å²) in [5.74, 6) is -0.805. The Kier molecular flexibility index (Phi) is 6.24. The fourth-order valence-electron chi connectivity index (χ4n) is 3.58. The van der Waals surface area contributed by atoms with E-state index in [0.717, 1.165) is 10.9 Å². The van der Waals surface area contributed by atoms with E-state index in [1.165, 1.54) is 22.9 Å². The highest BCUT2D eigenvalue weighted by Crippen LogP contribution is 2.27. The number of carbonyl (C=O) groups is 2. The van der Waals surface area contributed by atoms with E-state index in [2.05, 4.69) is 20.8 Å². The highest BCUT2D eigenvalue weighted by Gasteiger charge is 2.20. The van der Waals surface area contributed by atoms with Gasteiger partial charge in [0.05, 0.1) is 6.54 Å². The Morgan fingerprint density at radius 3 is 2.58 bits per heavy atom. The van der Waals surface area contributed by atoms with Gasteiger partial charge in [-0.3, -0.25) is 14.9 Å². The van der Waals surface area contributed by atoms with Gasteiger partial charge in [0.15, 0.2) is 0 Å². The van der Waals surface area contributed by atoms with Crippen molar-refractivity contribution in [3.63, 3.8) is 0 Å². The molecule has 170 valence electrons. The summed E-state index contributed by atoms with van der Waals surface area (Å²) in [7, 11) is 0. The van der Waals surface area contributed by atoms with Gasteiger partial charge in [-0.2, -0.15) is 0 Å². The van der Waals surface area contributed by atoms with Crippen molar-refractivity contribution >= 4 is 44.9 Å². The number of benzene rings is 2. The lowest BCUT2D eigenvalue weighted by atomic mass is 9.92. The molecule has 2 heterocycles. The van der Waals surface area contributed by atoms with Crippen LogP contribution in [0.15, 0.2) is 54.0 Å². The van der Waals surface area contributed by atoms with Gasteiger partial charge in [-0.1, -0.05) is 50.3 Å². The lowest BCUT2D eigenvalue weighted by molar-refractivity contribution is -0.117. The molecule has 0 atom stereocenters. The number of aromatic nitrogens is 3. The Labute approximate surface area is 194 Å². The van der Waals surface area contributed by atoms with Gasteiger partial charge in [0, 0.05) is 28.6 Å². The molecule has 0 spiro atoms. The summed E-state index contributed by atoms with van der Waals surface area (Å²) in [5, 5.41) is 14.4. The smallest absolute Gasteiger partial charge is 0.274 e. The van der Waals surface area contributed by atoms with Gasteiger partial charge in [-0.05, 0) is 35.7 Å². The lowest BCUT2D eigenvalue weighted by Gasteiger charge is -2.17. The van der Waals surface area contributed by atoms with Crippen molar-refractivity contribution in [2.24, 2.45) is 5.41 Å². The molecule has 4 rings (SSSR count). The number of nitrogens with zero attached hydrogens (tertiary/aromatic N) is 3. The topological polar surface area (TPSA) is 88.9 Å². The number of amides is 2. The number of halogens is 1. The van der Waals surface area contributed by atoms with Crippen molar-refractivity contribution in [1.29, 1.82) is 0 Å². The molecule has 0 radical (unpaired) electrons. The molecule has 0 aliphatic rings. The zero-order valence-corrected chi connectivity index (χ0v) is 19.4. The average molecular weight is 466 g/mol. The molecule has 0 bridgehead atoms. The lowest BCUT2D eigenvalue weighted by Crippen LogP contribution is -2.19. The molecule has 7 nitrogen and oxygen atoms in total. The van der Waals surface area contributed by atoms with E-state index in [4.69, 9.17) is 0 Å². The first-order valence-electron chi connectivity index (χ1n) is 10.4. The molecular formula is C24H24FN5O2S. The predicted octanol–water partition coefficient (Wildman–Crippen LogP) is 5.31. The van der Waals surface area contributed by atoms with E-state index in [-0.39, 0.29) is 29.6 Å². The molecule has 4 aromatic rings. The largest absolute Gasteiger partial charge is 0.332 e. The van der Waals surface area contributed by atoms with Crippen LogP contribution in [0, 0.1) is 11.2 Å². The fraction of sp³-hybridized carbons (Fsp3) is 0.250. The van der Waals surface area contributed by atoms with Crippen molar-refractivity contribution in [3.05, 3.63) is 71.1 Å². The van der Waals surface area contributed by atoms with Gasteiger partial charge in [0.2, 0.25) is 11.0 Å². The van der Waals surface area contributed by atoms with E-state index >= 15 is 0 Å². The Balaban J connectivity index is 1.71. The van der Waals surface area contributed by atoms with Crippen molar-refractivity contribution in [1.82, 2.24) is 14.8 Å². The molecule has 2 amide bonds. The molecular weight excluding hydrogens is 441 g/mol. The zero-order valence-electron chi connectivity index (χ0n) is 18.6. The third-order valence-electron chi connectivity index (χ3n) is 4.98. The van der Waals surface area contributed by atoms with Crippen molar-refractivity contribution < 1.29 is 14.0 Å². The molecule has 0 aliphatic heterocycles. The highest BCUT2D eigenvalue weighted by atomic mass is 32.1. The van der Waals surface area contributed by atoms with Crippen LogP contribution in [0.2, 0.25) is 0 Å². The number of hydrogen-bond donors (Lipinski definition) is 2. The van der Waals surface area contributed by atoms with Crippen LogP contribution in [0.25, 0.3) is 10.9 Å². The molecule has 33 heavy (non-hydrogen) atoms. The molecule has 2 aromatic carbocycles. The minimum atomic E-state index is -0.377. The summed E-state index contributed by atoms with van der Waals surface area (Å²) >= 11 is 1.21. The van der Waals surface area contributed by atoms with E-state index < -0.39 is 0 Å². The van der Waals surface area contributed by atoms with Crippen LogP contribution in [-0.4, -0.2) is 26.6 Å². The van der Waals surface area contributed by atoms with E-state index in [0.29, 0.717) is 28.5 Å². The SMILES string of the molecule is CC(C)(C)CC(=O)Nc1ccc2c(c1)cc(C(=O)Nc1nncs1)n2Cc1ccccc1F. The van der Waals surface area contributed by atoms with Crippen molar-refractivity contribution in [2.75, 3.05) is 10.6 Å². The average Bonchev–Trinajstić information content (AvgIpc) is 3.36. The highest BCUT2D eigenvalue weighted by molar-refractivity contribution is 7.13. The predicted molar refractivity (Wildman–Crippen MR) is 128 cm³/mol. The van der Waals surface area contributed by atoms with Crippen LogP contribution in [0.4, 0.5) is 15.2 Å². The zero-order chi connectivity index (χ0) is 23.6. The Morgan fingerprint density at radius 2 is 1.88 bits per heavy atom. The van der Waals surface area contributed by atoms with Crippen LogP contribution in [0.1, 0.15) is 43.2 Å².